The van der Waals surface area contributed by atoms with Crippen LogP contribution in [0.1, 0.15) is 27.7 Å². The summed E-state index contributed by atoms with van der Waals surface area (Å²) in [6, 6.07) is 0.662. The minimum Gasteiger partial charge on any atom is -0.375 e. The molecule has 0 aromatic heterocycles. The SMILES string of the molecule is CC(C)[C@@H]1CN(C(C)C)CCO1. The Kier molecular flexibility index (Phi) is 3.53. The summed E-state index contributed by atoms with van der Waals surface area (Å²) in [4.78, 5) is 2.49. The monoisotopic (exact) mass is 171 g/mol. The van der Waals surface area contributed by atoms with E-state index in [2.05, 4.69) is 32.6 Å². The lowest BCUT2D eigenvalue weighted by molar-refractivity contribution is -0.0591. The minimum absolute atomic E-state index is 0.446. The predicted octanol–water partition coefficient (Wildman–Crippen LogP) is 1.75. The molecule has 1 heterocycles. The van der Waals surface area contributed by atoms with Crippen LogP contribution in [0.25, 0.3) is 0 Å². The molecule has 0 radical (unpaired) electrons. The first-order chi connectivity index (χ1) is 5.61. The van der Waals surface area contributed by atoms with Crippen LogP contribution in [0.3, 0.4) is 0 Å². The summed E-state index contributed by atoms with van der Waals surface area (Å²) < 4.78 is 5.68. The van der Waals surface area contributed by atoms with Crippen molar-refractivity contribution in [2.75, 3.05) is 19.7 Å². The largest absolute Gasteiger partial charge is 0.375 e. The fraction of sp³-hybridized carbons (Fsp3) is 1.00. The predicted molar refractivity (Wildman–Crippen MR) is 51.3 cm³/mol. The highest BCUT2D eigenvalue weighted by Gasteiger charge is 2.23. The smallest absolute Gasteiger partial charge is 0.0725 e. The molecule has 1 fully saturated rings. The maximum absolute atomic E-state index is 5.68. The second kappa shape index (κ2) is 4.24. The third-order valence-corrected chi connectivity index (χ3v) is 2.60. The van der Waals surface area contributed by atoms with E-state index < -0.39 is 0 Å². The highest BCUT2D eigenvalue weighted by atomic mass is 16.5. The quantitative estimate of drug-likeness (QED) is 0.627. The van der Waals surface area contributed by atoms with Crippen LogP contribution in [-0.4, -0.2) is 36.7 Å². The summed E-state index contributed by atoms with van der Waals surface area (Å²) in [5, 5.41) is 0. The maximum Gasteiger partial charge on any atom is 0.0725 e. The first kappa shape index (κ1) is 10.0. The Morgan fingerprint density at radius 3 is 2.42 bits per heavy atom. The van der Waals surface area contributed by atoms with Gasteiger partial charge in [-0.2, -0.15) is 0 Å². The molecule has 0 aromatic rings. The lowest BCUT2D eigenvalue weighted by Gasteiger charge is -2.37. The second-order valence-corrected chi connectivity index (χ2v) is 4.24. The van der Waals surface area contributed by atoms with Gasteiger partial charge in [0.05, 0.1) is 12.7 Å². The van der Waals surface area contributed by atoms with Crippen LogP contribution < -0.4 is 0 Å². The van der Waals surface area contributed by atoms with Gasteiger partial charge < -0.3 is 4.74 Å². The lowest BCUT2D eigenvalue weighted by Crippen LogP contribution is -2.47. The van der Waals surface area contributed by atoms with Crippen molar-refractivity contribution >= 4 is 0 Å². The van der Waals surface area contributed by atoms with E-state index in [0.717, 1.165) is 19.7 Å². The van der Waals surface area contributed by atoms with E-state index in [1.54, 1.807) is 0 Å². The number of nitrogens with zero attached hydrogens (tertiary/aromatic N) is 1. The third-order valence-electron chi connectivity index (χ3n) is 2.60. The van der Waals surface area contributed by atoms with E-state index in [4.69, 9.17) is 4.74 Å². The van der Waals surface area contributed by atoms with E-state index in [-0.39, 0.29) is 0 Å². The van der Waals surface area contributed by atoms with E-state index in [1.165, 1.54) is 0 Å². The number of morpholine rings is 1. The van der Waals surface area contributed by atoms with Gasteiger partial charge in [-0.15, -0.1) is 0 Å². The molecule has 0 unspecified atom stereocenters. The lowest BCUT2D eigenvalue weighted by atomic mass is 10.1. The number of rotatable bonds is 2. The van der Waals surface area contributed by atoms with Crippen molar-refractivity contribution in [2.45, 2.75) is 39.8 Å². The molecule has 1 atom stereocenters. The summed E-state index contributed by atoms with van der Waals surface area (Å²) in [5.74, 6) is 0.645. The third kappa shape index (κ3) is 2.46. The fourth-order valence-electron chi connectivity index (χ4n) is 1.57. The van der Waals surface area contributed by atoms with Crippen molar-refractivity contribution in [3.63, 3.8) is 0 Å². The average Bonchev–Trinajstić information content (AvgIpc) is 2.04. The fourth-order valence-corrected chi connectivity index (χ4v) is 1.57. The zero-order valence-corrected chi connectivity index (χ0v) is 8.71. The summed E-state index contributed by atoms with van der Waals surface area (Å²) in [6.45, 7) is 12.1. The Balaban J connectivity index is 2.40. The van der Waals surface area contributed by atoms with Gasteiger partial charge in [0.25, 0.3) is 0 Å². The molecule has 1 saturated heterocycles. The molecule has 0 aliphatic carbocycles. The molecular formula is C10H21NO. The van der Waals surface area contributed by atoms with Crippen LogP contribution in [-0.2, 0) is 4.74 Å². The highest BCUT2D eigenvalue weighted by Crippen LogP contribution is 2.14. The Hall–Kier alpha value is -0.0800. The molecule has 0 saturated carbocycles. The van der Waals surface area contributed by atoms with Crippen molar-refractivity contribution in [3.05, 3.63) is 0 Å². The van der Waals surface area contributed by atoms with Crippen LogP contribution >= 0.6 is 0 Å². The van der Waals surface area contributed by atoms with Gasteiger partial charge >= 0.3 is 0 Å². The van der Waals surface area contributed by atoms with Crippen LogP contribution in [0.15, 0.2) is 0 Å². The van der Waals surface area contributed by atoms with Crippen LogP contribution in [0.4, 0.5) is 0 Å². The Morgan fingerprint density at radius 2 is 1.92 bits per heavy atom. The number of hydrogen-bond donors (Lipinski definition) is 0. The zero-order chi connectivity index (χ0) is 9.14. The topological polar surface area (TPSA) is 12.5 Å². The van der Waals surface area contributed by atoms with E-state index >= 15 is 0 Å². The van der Waals surface area contributed by atoms with Gasteiger partial charge in [0, 0.05) is 19.1 Å². The number of ether oxygens (including phenoxy) is 1. The van der Waals surface area contributed by atoms with Gasteiger partial charge in [-0.1, -0.05) is 13.8 Å². The molecule has 0 aromatic carbocycles. The summed E-state index contributed by atoms with van der Waals surface area (Å²) in [7, 11) is 0. The van der Waals surface area contributed by atoms with Crippen molar-refractivity contribution < 1.29 is 4.74 Å². The van der Waals surface area contributed by atoms with Crippen molar-refractivity contribution in [3.8, 4) is 0 Å². The summed E-state index contributed by atoms with van der Waals surface area (Å²) in [5.41, 5.74) is 0. The van der Waals surface area contributed by atoms with E-state index in [0.29, 0.717) is 18.1 Å². The van der Waals surface area contributed by atoms with Gasteiger partial charge in [0.15, 0.2) is 0 Å². The zero-order valence-electron chi connectivity index (χ0n) is 8.71. The Morgan fingerprint density at radius 1 is 1.25 bits per heavy atom. The van der Waals surface area contributed by atoms with Crippen LogP contribution in [0.5, 0.6) is 0 Å². The van der Waals surface area contributed by atoms with Gasteiger partial charge in [0.2, 0.25) is 0 Å². The molecule has 1 aliphatic rings. The van der Waals surface area contributed by atoms with Crippen LogP contribution in [0.2, 0.25) is 0 Å². The first-order valence-electron chi connectivity index (χ1n) is 4.97. The van der Waals surface area contributed by atoms with Crippen LogP contribution in [0, 0.1) is 5.92 Å². The van der Waals surface area contributed by atoms with Gasteiger partial charge in [-0.05, 0) is 19.8 Å². The molecule has 1 aliphatic heterocycles. The molecular weight excluding hydrogens is 150 g/mol. The standard InChI is InChI=1S/C10H21NO/c1-8(2)10-7-11(9(3)4)5-6-12-10/h8-10H,5-7H2,1-4H3/t10-/m0/s1. The maximum atomic E-state index is 5.68. The molecule has 2 nitrogen and oxygen atoms in total. The van der Waals surface area contributed by atoms with Crippen molar-refractivity contribution in [2.24, 2.45) is 5.92 Å². The molecule has 0 amide bonds. The second-order valence-electron chi connectivity index (χ2n) is 4.24. The molecule has 1 rings (SSSR count). The normalized spacial score (nSPS) is 27.0. The van der Waals surface area contributed by atoms with Crippen molar-refractivity contribution in [1.82, 2.24) is 4.90 Å². The molecule has 0 spiro atoms. The van der Waals surface area contributed by atoms with Gasteiger partial charge in [-0.25, -0.2) is 0 Å². The van der Waals surface area contributed by atoms with Gasteiger partial charge in [-0.3, -0.25) is 4.90 Å². The summed E-state index contributed by atoms with van der Waals surface area (Å²) in [6.07, 6.45) is 0.446. The Bertz CT molecular complexity index is 120. The summed E-state index contributed by atoms with van der Waals surface area (Å²) >= 11 is 0. The molecule has 0 N–H and O–H groups in total. The average molecular weight is 171 g/mol. The van der Waals surface area contributed by atoms with Gasteiger partial charge in [0.1, 0.15) is 0 Å². The molecule has 12 heavy (non-hydrogen) atoms. The van der Waals surface area contributed by atoms with E-state index in [1.807, 2.05) is 0 Å². The Labute approximate surface area is 75.9 Å². The molecule has 72 valence electrons. The highest BCUT2D eigenvalue weighted by molar-refractivity contribution is 4.75. The molecule has 2 heteroatoms. The number of hydrogen-bond acceptors (Lipinski definition) is 2. The minimum atomic E-state index is 0.446. The molecule has 0 bridgehead atoms. The van der Waals surface area contributed by atoms with E-state index in [9.17, 15) is 0 Å². The first-order valence-corrected chi connectivity index (χ1v) is 4.97. The van der Waals surface area contributed by atoms with Crippen molar-refractivity contribution in [1.29, 1.82) is 0 Å².